The lowest BCUT2D eigenvalue weighted by Crippen LogP contribution is -2.09. The van der Waals surface area contributed by atoms with Crippen LogP contribution in [0.4, 0.5) is 18.9 Å². The molecule has 5 nitrogen and oxygen atoms in total. The Labute approximate surface area is 226 Å². The number of thiazole rings is 1. The van der Waals surface area contributed by atoms with E-state index in [-0.39, 0.29) is 11.3 Å². The van der Waals surface area contributed by atoms with Gasteiger partial charge in [0, 0.05) is 50.3 Å². The number of H-pyrrole nitrogens is 1. The van der Waals surface area contributed by atoms with Crippen molar-refractivity contribution < 1.29 is 18.0 Å². The molecule has 0 saturated heterocycles. The second kappa shape index (κ2) is 10.1. The number of carbonyl (C=O) groups excluding carboxylic acids is 1. The maximum Gasteiger partial charge on any atom is 0.201 e. The van der Waals surface area contributed by atoms with Gasteiger partial charge in [-0.05, 0) is 60.5 Å². The smallest absolute Gasteiger partial charge is 0.201 e. The molecule has 6 rings (SSSR count). The van der Waals surface area contributed by atoms with Gasteiger partial charge in [-0.2, -0.15) is 0 Å². The molecule has 188 valence electrons. The molecule has 6 aromatic rings. The molecule has 0 amide bonds. The van der Waals surface area contributed by atoms with E-state index in [1.807, 2.05) is 17.5 Å². The van der Waals surface area contributed by atoms with Crippen molar-refractivity contribution in [1.29, 1.82) is 0 Å². The van der Waals surface area contributed by atoms with Gasteiger partial charge in [-0.3, -0.25) is 4.79 Å². The van der Waals surface area contributed by atoms with Gasteiger partial charge in [-0.1, -0.05) is 6.07 Å². The third-order valence-electron chi connectivity index (χ3n) is 5.70. The molecule has 2 N–H and O–H groups in total. The zero-order chi connectivity index (χ0) is 26.2. The number of benzene rings is 2. The molecule has 11 heteroatoms. The molecule has 38 heavy (non-hydrogen) atoms. The SMILES string of the molecule is O=C(c1c(F)ccc(NSc2cccc(F)c2)c1F)c1c[nH]c2ncc(-c3ccc(-c4nccs4)s3)cc12. The predicted molar refractivity (Wildman–Crippen MR) is 146 cm³/mol. The number of rotatable bonds is 7. The molecule has 0 atom stereocenters. The molecule has 0 fully saturated rings. The molecule has 2 aromatic carbocycles. The van der Waals surface area contributed by atoms with Crippen LogP contribution in [0.3, 0.4) is 0 Å². The molecule has 0 spiro atoms. The molecule has 4 aromatic heterocycles. The molecule has 4 heterocycles. The molecule has 0 aliphatic carbocycles. The van der Waals surface area contributed by atoms with Gasteiger partial charge in [0.05, 0.1) is 16.1 Å². The molecule has 0 radical (unpaired) electrons. The Morgan fingerprint density at radius 3 is 2.68 bits per heavy atom. The molecule has 0 aliphatic heterocycles. The Hall–Kier alpha value is -3.93. The van der Waals surface area contributed by atoms with E-state index in [1.54, 1.807) is 24.5 Å². The summed E-state index contributed by atoms with van der Waals surface area (Å²) >= 11 is 4.02. The van der Waals surface area contributed by atoms with E-state index in [0.717, 1.165) is 38.3 Å². The van der Waals surface area contributed by atoms with Gasteiger partial charge >= 0.3 is 0 Å². The number of aromatic nitrogens is 3. The number of carbonyl (C=O) groups is 1. The summed E-state index contributed by atoms with van der Waals surface area (Å²) in [6.07, 6.45) is 4.83. The maximum atomic E-state index is 15.4. The van der Waals surface area contributed by atoms with Gasteiger partial charge in [0.25, 0.3) is 0 Å². The summed E-state index contributed by atoms with van der Waals surface area (Å²) in [4.78, 5) is 27.5. The van der Waals surface area contributed by atoms with Crippen LogP contribution in [0.5, 0.6) is 0 Å². The zero-order valence-electron chi connectivity index (χ0n) is 19.2. The molecule has 0 unspecified atom stereocenters. The van der Waals surface area contributed by atoms with Gasteiger partial charge < -0.3 is 9.71 Å². The highest BCUT2D eigenvalue weighted by molar-refractivity contribution is 8.00. The number of aromatic amines is 1. The van der Waals surface area contributed by atoms with Crippen molar-refractivity contribution in [2.75, 3.05) is 4.72 Å². The van der Waals surface area contributed by atoms with Gasteiger partial charge in [-0.15, -0.1) is 22.7 Å². The number of nitrogens with zero attached hydrogens (tertiary/aromatic N) is 2. The summed E-state index contributed by atoms with van der Waals surface area (Å²) in [5.41, 5.74) is 0.491. The van der Waals surface area contributed by atoms with Crippen molar-refractivity contribution in [3.63, 3.8) is 0 Å². The van der Waals surface area contributed by atoms with Crippen molar-refractivity contribution in [2.24, 2.45) is 0 Å². The summed E-state index contributed by atoms with van der Waals surface area (Å²) in [6.45, 7) is 0. The van der Waals surface area contributed by atoms with Crippen LogP contribution in [0.2, 0.25) is 0 Å². The molecule has 0 bridgehead atoms. The third kappa shape index (κ3) is 4.60. The minimum absolute atomic E-state index is 0.0961. The first-order valence-electron chi connectivity index (χ1n) is 11.2. The zero-order valence-corrected chi connectivity index (χ0v) is 21.6. The second-order valence-electron chi connectivity index (χ2n) is 8.10. The van der Waals surface area contributed by atoms with Crippen molar-refractivity contribution >= 4 is 57.1 Å². The molecular weight excluding hydrogens is 550 g/mol. The van der Waals surface area contributed by atoms with Crippen LogP contribution in [0.1, 0.15) is 15.9 Å². The first-order chi connectivity index (χ1) is 18.5. The Morgan fingerprint density at radius 1 is 1.00 bits per heavy atom. The van der Waals surface area contributed by atoms with E-state index in [2.05, 4.69) is 19.7 Å². The lowest BCUT2D eigenvalue weighted by Gasteiger charge is -2.11. The van der Waals surface area contributed by atoms with Crippen molar-refractivity contribution in [1.82, 2.24) is 15.0 Å². The standard InChI is InChI=1S/C27H15F3N4OS3/c28-15-2-1-3-16(11-15)38-34-20-5-4-19(29)23(24(20)30)25(35)18-13-33-26-17(18)10-14(12-32-26)21-6-7-22(37-21)27-31-8-9-36-27/h1-13,34H,(H,32,33). The topological polar surface area (TPSA) is 70.7 Å². The Balaban J connectivity index is 1.33. The van der Waals surface area contributed by atoms with Crippen LogP contribution >= 0.6 is 34.6 Å². The van der Waals surface area contributed by atoms with E-state index in [0.29, 0.717) is 15.9 Å². The number of nitrogens with one attached hydrogen (secondary N) is 2. The second-order valence-corrected chi connectivity index (χ2v) is 11.0. The van der Waals surface area contributed by atoms with Crippen LogP contribution in [-0.2, 0) is 0 Å². The summed E-state index contributed by atoms with van der Waals surface area (Å²) < 4.78 is 46.4. The number of pyridine rings is 1. The minimum atomic E-state index is -1.04. The fraction of sp³-hybridized carbons (Fsp3) is 0. The predicted octanol–water partition coefficient (Wildman–Crippen LogP) is 8.18. The number of anilines is 1. The summed E-state index contributed by atoms with van der Waals surface area (Å²) in [5.74, 6) is -3.29. The highest BCUT2D eigenvalue weighted by atomic mass is 32.2. The van der Waals surface area contributed by atoms with Crippen LogP contribution in [0, 0.1) is 17.5 Å². The third-order valence-corrected chi connectivity index (χ3v) is 8.59. The average molecular weight is 565 g/mol. The Kier molecular flexibility index (Phi) is 6.48. The number of hydrogen-bond donors (Lipinski definition) is 2. The fourth-order valence-electron chi connectivity index (χ4n) is 3.90. The number of hydrogen-bond acceptors (Lipinski definition) is 7. The van der Waals surface area contributed by atoms with Crippen molar-refractivity contribution in [2.45, 2.75) is 4.90 Å². The largest absolute Gasteiger partial charge is 0.345 e. The number of thiophene rings is 1. The van der Waals surface area contributed by atoms with Crippen LogP contribution < -0.4 is 4.72 Å². The highest BCUT2D eigenvalue weighted by Crippen LogP contribution is 2.37. The van der Waals surface area contributed by atoms with Crippen LogP contribution in [-0.4, -0.2) is 20.7 Å². The van der Waals surface area contributed by atoms with E-state index in [1.165, 1.54) is 53.1 Å². The normalized spacial score (nSPS) is 11.2. The fourth-order valence-corrected chi connectivity index (χ4v) is 6.31. The van der Waals surface area contributed by atoms with Crippen LogP contribution in [0.15, 0.2) is 83.5 Å². The average Bonchev–Trinajstić information content (AvgIpc) is 3.68. The van der Waals surface area contributed by atoms with E-state index >= 15 is 4.39 Å². The number of halogens is 3. The summed E-state index contributed by atoms with van der Waals surface area (Å²) in [7, 11) is 0. The number of fused-ring (bicyclic) bond motifs is 1. The van der Waals surface area contributed by atoms with Crippen LogP contribution in [0.25, 0.3) is 31.4 Å². The van der Waals surface area contributed by atoms with E-state index in [4.69, 9.17) is 0 Å². The Bertz CT molecular complexity index is 1800. The molecule has 0 aliphatic rings. The van der Waals surface area contributed by atoms with Crippen molar-refractivity contribution in [3.05, 3.63) is 107 Å². The highest BCUT2D eigenvalue weighted by Gasteiger charge is 2.25. The summed E-state index contributed by atoms with van der Waals surface area (Å²) in [5, 5.41) is 3.26. The van der Waals surface area contributed by atoms with E-state index in [9.17, 15) is 13.6 Å². The first-order valence-corrected chi connectivity index (χ1v) is 13.7. The first kappa shape index (κ1) is 24.4. The maximum absolute atomic E-state index is 15.4. The monoisotopic (exact) mass is 564 g/mol. The Morgan fingerprint density at radius 2 is 1.87 bits per heavy atom. The number of ketones is 1. The summed E-state index contributed by atoms with van der Waals surface area (Å²) in [6, 6.07) is 13.6. The van der Waals surface area contributed by atoms with Crippen molar-refractivity contribution in [3.8, 4) is 20.3 Å². The quantitative estimate of drug-likeness (QED) is 0.151. The van der Waals surface area contributed by atoms with Gasteiger partial charge in [0.1, 0.15) is 22.3 Å². The lowest BCUT2D eigenvalue weighted by atomic mass is 10.0. The van der Waals surface area contributed by atoms with Gasteiger partial charge in [0.2, 0.25) is 5.78 Å². The minimum Gasteiger partial charge on any atom is -0.345 e. The van der Waals surface area contributed by atoms with E-state index < -0.39 is 28.8 Å². The lowest BCUT2D eigenvalue weighted by molar-refractivity contribution is 0.103. The van der Waals surface area contributed by atoms with Gasteiger partial charge in [-0.25, -0.2) is 23.1 Å². The molecule has 0 saturated carbocycles. The van der Waals surface area contributed by atoms with Gasteiger partial charge in [0.15, 0.2) is 5.82 Å². The molecular formula is C27H15F3N4OS3.